The van der Waals surface area contributed by atoms with Crippen molar-refractivity contribution in [2.75, 3.05) is 5.73 Å². The molecular weight excluding hydrogens is 267 g/mol. The number of aromatic nitrogens is 2. The summed E-state index contributed by atoms with van der Waals surface area (Å²) in [5, 5.41) is 3.61. The number of nitrogens with one attached hydrogen (secondary N) is 1. The lowest BCUT2D eigenvalue weighted by Crippen LogP contribution is -2.21. The van der Waals surface area contributed by atoms with E-state index in [9.17, 15) is 4.39 Å². The van der Waals surface area contributed by atoms with Crippen molar-refractivity contribution in [3.05, 3.63) is 42.1 Å². The van der Waals surface area contributed by atoms with Crippen LogP contribution in [0.2, 0.25) is 0 Å². The second-order valence-electron chi connectivity index (χ2n) is 5.97. The third-order valence-electron chi connectivity index (χ3n) is 4.68. The van der Waals surface area contributed by atoms with Gasteiger partial charge in [0, 0.05) is 36.0 Å². The Morgan fingerprint density at radius 2 is 2.14 bits per heavy atom. The maximum atomic E-state index is 14.1. The fourth-order valence-electron chi connectivity index (χ4n) is 3.68. The zero-order chi connectivity index (χ0) is 14.4. The van der Waals surface area contributed by atoms with Gasteiger partial charge in [-0.1, -0.05) is 0 Å². The normalized spacial score (nSPS) is 27.2. The molecule has 2 saturated heterocycles. The van der Waals surface area contributed by atoms with E-state index in [2.05, 4.69) is 15.3 Å². The summed E-state index contributed by atoms with van der Waals surface area (Å²) in [6.45, 7) is 0. The maximum absolute atomic E-state index is 14.1. The standard InChI is InChI=1S/C16H17FN4/c17-16-13(9-3-4-19-15(18)6-9)5-10(8-20-16)12-7-11-1-2-14(12)21-11/h3-6,8,11-12,14,21H,1-2,7H2,(H2,18,19)/t11-,12-,14-/m1/s1. The molecule has 2 aliphatic rings. The Bertz CT molecular complexity index is 688. The molecule has 4 rings (SSSR count). The van der Waals surface area contributed by atoms with Gasteiger partial charge in [0.15, 0.2) is 0 Å². The molecule has 4 heterocycles. The van der Waals surface area contributed by atoms with Crippen LogP contribution >= 0.6 is 0 Å². The van der Waals surface area contributed by atoms with Crippen LogP contribution in [-0.2, 0) is 0 Å². The molecule has 0 aromatic carbocycles. The molecule has 2 aromatic rings. The Kier molecular flexibility index (Phi) is 2.89. The van der Waals surface area contributed by atoms with Crippen LogP contribution < -0.4 is 11.1 Å². The van der Waals surface area contributed by atoms with Crippen molar-refractivity contribution in [3.8, 4) is 11.1 Å². The number of nitrogen functional groups attached to an aromatic ring is 1. The zero-order valence-corrected chi connectivity index (χ0v) is 11.6. The molecule has 2 bridgehead atoms. The molecule has 0 spiro atoms. The molecule has 3 atom stereocenters. The lowest BCUT2D eigenvalue weighted by atomic mass is 9.84. The number of halogens is 1. The zero-order valence-electron chi connectivity index (χ0n) is 11.6. The number of nitrogens with two attached hydrogens (primary N) is 1. The maximum Gasteiger partial charge on any atom is 0.220 e. The van der Waals surface area contributed by atoms with Crippen molar-refractivity contribution < 1.29 is 4.39 Å². The van der Waals surface area contributed by atoms with Gasteiger partial charge in [-0.05, 0) is 48.6 Å². The van der Waals surface area contributed by atoms with E-state index in [1.54, 1.807) is 24.5 Å². The van der Waals surface area contributed by atoms with Crippen molar-refractivity contribution >= 4 is 5.82 Å². The summed E-state index contributed by atoms with van der Waals surface area (Å²) in [5.41, 5.74) is 8.04. The van der Waals surface area contributed by atoms with Gasteiger partial charge in [0.2, 0.25) is 5.95 Å². The Morgan fingerprint density at radius 3 is 2.86 bits per heavy atom. The Hall–Kier alpha value is -2.01. The van der Waals surface area contributed by atoms with E-state index >= 15 is 0 Å². The first kappa shape index (κ1) is 12.7. The van der Waals surface area contributed by atoms with Crippen LogP contribution in [0.15, 0.2) is 30.6 Å². The van der Waals surface area contributed by atoms with Gasteiger partial charge in [-0.15, -0.1) is 0 Å². The van der Waals surface area contributed by atoms with Gasteiger partial charge in [0.25, 0.3) is 0 Å². The van der Waals surface area contributed by atoms with Crippen molar-refractivity contribution in [2.24, 2.45) is 0 Å². The van der Waals surface area contributed by atoms with E-state index in [0.717, 1.165) is 17.5 Å². The number of hydrogen-bond donors (Lipinski definition) is 2. The van der Waals surface area contributed by atoms with E-state index in [-0.39, 0.29) is 0 Å². The van der Waals surface area contributed by atoms with Gasteiger partial charge in [0.05, 0.1) is 0 Å². The number of anilines is 1. The molecule has 3 N–H and O–H groups in total. The topological polar surface area (TPSA) is 63.8 Å². The first-order chi connectivity index (χ1) is 10.2. The van der Waals surface area contributed by atoms with Crippen molar-refractivity contribution in [3.63, 3.8) is 0 Å². The summed E-state index contributed by atoms with van der Waals surface area (Å²) in [6, 6.07) is 6.49. The summed E-state index contributed by atoms with van der Waals surface area (Å²) < 4.78 is 14.1. The molecule has 4 nitrogen and oxygen atoms in total. The van der Waals surface area contributed by atoms with Crippen molar-refractivity contribution in [1.29, 1.82) is 0 Å². The minimum Gasteiger partial charge on any atom is -0.384 e. The minimum absolute atomic E-state index is 0.388. The Morgan fingerprint density at radius 1 is 1.24 bits per heavy atom. The Balaban J connectivity index is 1.73. The number of hydrogen-bond acceptors (Lipinski definition) is 4. The molecule has 5 heteroatoms. The summed E-state index contributed by atoms with van der Waals surface area (Å²) in [5.74, 6) is 0.370. The Labute approximate surface area is 122 Å². The summed E-state index contributed by atoms with van der Waals surface area (Å²) in [7, 11) is 0. The van der Waals surface area contributed by atoms with Crippen LogP contribution in [0.4, 0.5) is 10.2 Å². The number of pyridine rings is 2. The number of rotatable bonds is 2. The van der Waals surface area contributed by atoms with E-state index < -0.39 is 5.95 Å². The molecule has 2 aliphatic heterocycles. The van der Waals surface area contributed by atoms with Crippen LogP contribution in [0.25, 0.3) is 11.1 Å². The van der Waals surface area contributed by atoms with Crippen LogP contribution in [0, 0.1) is 5.95 Å². The highest BCUT2D eigenvalue weighted by Crippen LogP contribution is 2.40. The predicted molar refractivity (Wildman–Crippen MR) is 79.1 cm³/mol. The highest BCUT2D eigenvalue weighted by Gasteiger charge is 2.39. The largest absolute Gasteiger partial charge is 0.384 e. The lowest BCUT2D eigenvalue weighted by molar-refractivity contribution is 0.502. The fourth-order valence-corrected chi connectivity index (χ4v) is 3.68. The first-order valence-corrected chi connectivity index (χ1v) is 7.34. The average molecular weight is 284 g/mol. The van der Waals surface area contributed by atoms with Gasteiger partial charge >= 0.3 is 0 Å². The molecule has 0 radical (unpaired) electrons. The highest BCUT2D eigenvalue weighted by atomic mass is 19.1. The van der Waals surface area contributed by atoms with Crippen LogP contribution in [0.3, 0.4) is 0 Å². The van der Waals surface area contributed by atoms with Crippen LogP contribution in [0.5, 0.6) is 0 Å². The third-order valence-corrected chi connectivity index (χ3v) is 4.68. The summed E-state index contributed by atoms with van der Waals surface area (Å²) in [4.78, 5) is 7.91. The van der Waals surface area contributed by atoms with Gasteiger partial charge in [-0.3, -0.25) is 0 Å². The summed E-state index contributed by atoms with van der Waals surface area (Å²) in [6.07, 6.45) is 6.84. The third kappa shape index (κ3) is 2.17. The molecule has 108 valence electrons. The fraction of sp³-hybridized carbons (Fsp3) is 0.375. The van der Waals surface area contributed by atoms with Crippen molar-refractivity contribution in [2.45, 2.75) is 37.3 Å². The van der Waals surface area contributed by atoms with Gasteiger partial charge in [-0.2, -0.15) is 4.39 Å². The quantitative estimate of drug-likeness (QED) is 0.832. The second-order valence-corrected chi connectivity index (χ2v) is 5.97. The molecule has 0 aliphatic carbocycles. The SMILES string of the molecule is Nc1cc(-c2cc([C@H]3C[C@H]4CC[C@H]3N4)cnc2F)ccn1. The van der Waals surface area contributed by atoms with Crippen molar-refractivity contribution in [1.82, 2.24) is 15.3 Å². The molecule has 0 amide bonds. The number of fused-ring (bicyclic) bond motifs is 2. The predicted octanol–water partition coefficient (Wildman–Crippen LogP) is 2.47. The molecule has 21 heavy (non-hydrogen) atoms. The average Bonchev–Trinajstić information content (AvgIpc) is 3.10. The summed E-state index contributed by atoms with van der Waals surface area (Å²) >= 11 is 0. The first-order valence-electron chi connectivity index (χ1n) is 7.34. The monoisotopic (exact) mass is 284 g/mol. The van der Waals surface area contributed by atoms with Crippen LogP contribution in [0.1, 0.15) is 30.7 Å². The van der Waals surface area contributed by atoms with E-state index in [1.807, 2.05) is 6.07 Å². The van der Waals surface area contributed by atoms with Gasteiger partial charge in [0.1, 0.15) is 5.82 Å². The lowest BCUT2D eigenvalue weighted by Gasteiger charge is -2.20. The van der Waals surface area contributed by atoms with E-state index in [1.165, 1.54) is 12.8 Å². The molecule has 0 unspecified atom stereocenters. The second kappa shape index (κ2) is 4.77. The smallest absolute Gasteiger partial charge is 0.220 e. The van der Waals surface area contributed by atoms with E-state index in [0.29, 0.717) is 29.4 Å². The van der Waals surface area contributed by atoms with Gasteiger partial charge < -0.3 is 11.1 Å². The molecular formula is C16H17FN4. The molecule has 0 saturated carbocycles. The molecule has 2 aromatic heterocycles. The number of nitrogens with zero attached hydrogens (tertiary/aromatic N) is 2. The highest BCUT2D eigenvalue weighted by molar-refractivity contribution is 5.66. The van der Waals surface area contributed by atoms with Gasteiger partial charge in [-0.25, -0.2) is 9.97 Å². The molecule has 2 fully saturated rings. The van der Waals surface area contributed by atoms with Crippen LogP contribution in [-0.4, -0.2) is 22.1 Å². The van der Waals surface area contributed by atoms with E-state index in [4.69, 9.17) is 5.73 Å². The minimum atomic E-state index is -0.458.